The minimum atomic E-state index is -0.904. The van der Waals surface area contributed by atoms with E-state index in [0.29, 0.717) is 31.5 Å². The zero-order chi connectivity index (χ0) is 19.3. The topological polar surface area (TPSA) is 139 Å². The highest BCUT2D eigenvalue weighted by Gasteiger charge is 2.25. The third-order valence-corrected chi connectivity index (χ3v) is 4.61. The lowest BCUT2D eigenvalue weighted by atomic mass is 9.94. The summed E-state index contributed by atoms with van der Waals surface area (Å²) in [5.41, 5.74) is 6.59. The Morgan fingerprint density at radius 3 is 2.73 bits per heavy atom. The number of nitrogens with zero attached hydrogens (tertiary/aromatic N) is 2. The SMILES string of the molecule is CC(C)CC(CNC(=O)NCC1CCn2ncc(C(N)=O)c2C1)C(=O)O. The Hall–Kier alpha value is -2.58. The Morgan fingerprint density at radius 2 is 2.12 bits per heavy atom. The van der Waals surface area contributed by atoms with E-state index in [0.717, 1.165) is 12.1 Å². The normalized spacial score (nSPS) is 17.4. The molecule has 26 heavy (non-hydrogen) atoms. The summed E-state index contributed by atoms with van der Waals surface area (Å²) in [7, 11) is 0. The number of carbonyl (C=O) groups excluding carboxylic acids is 2. The molecular weight excluding hydrogens is 338 g/mol. The summed E-state index contributed by atoms with van der Waals surface area (Å²) in [6.45, 7) is 5.11. The van der Waals surface area contributed by atoms with E-state index in [-0.39, 0.29) is 24.4 Å². The lowest BCUT2D eigenvalue weighted by Gasteiger charge is -2.24. The van der Waals surface area contributed by atoms with Crippen molar-refractivity contribution in [3.63, 3.8) is 0 Å². The molecule has 1 aromatic heterocycles. The maximum Gasteiger partial charge on any atom is 0.314 e. The van der Waals surface area contributed by atoms with Gasteiger partial charge in [0.05, 0.1) is 23.4 Å². The van der Waals surface area contributed by atoms with Gasteiger partial charge < -0.3 is 21.5 Å². The zero-order valence-electron chi connectivity index (χ0n) is 15.2. The van der Waals surface area contributed by atoms with Crippen molar-refractivity contribution < 1.29 is 19.5 Å². The third-order valence-electron chi connectivity index (χ3n) is 4.61. The number of aryl methyl sites for hydroxylation is 1. The molecule has 2 unspecified atom stereocenters. The van der Waals surface area contributed by atoms with E-state index in [9.17, 15) is 19.5 Å². The van der Waals surface area contributed by atoms with Crippen LogP contribution in [0, 0.1) is 17.8 Å². The number of nitrogens with two attached hydrogens (primary N) is 1. The summed E-state index contributed by atoms with van der Waals surface area (Å²) in [5.74, 6) is -1.58. The van der Waals surface area contributed by atoms with E-state index < -0.39 is 17.8 Å². The summed E-state index contributed by atoms with van der Waals surface area (Å²) in [6.07, 6.45) is 3.45. The van der Waals surface area contributed by atoms with Crippen LogP contribution < -0.4 is 16.4 Å². The number of carbonyl (C=O) groups is 3. The highest BCUT2D eigenvalue weighted by molar-refractivity contribution is 5.93. The molecule has 0 radical (unpaired) electrons. The van der Waals surface area contributed by atoms with Crippen molar-refractivity contribution in [1.82, 2.24) is 20.4 Å². The van der Waals surface area contributed by atoms with Crippen LogP contribution in [0.4, 0.5) is 4.79 Å². The van der Waals surface area contributed by atoms with Gasteiger partial charge in [-0.05, 0) is 31.1 Å². The molecular formula is C17H27N5O4. The molecule has 0 spiro atoms. The molecule has 1 aliphatic heterocycles. The van der Waals surface area contributed by atoms with Gasteiger partial charge in [0.25, 0.3) is 5.91 Å². The number of hydrogen-bond donors (Lipinski definition) is 4. The van der Waals surface area contributed by atoms with Crippen molar-refractivity contribution in [3.8, 4) is 0 Å². The molecule has 144 valence electrons. The van der Waals surface area contributed by atoms with Crippen LogP contribution >= 0.6 is 0 Å². The predicted octanol–water partition coefficient (Wildman–Crippen LogP) is 0.591. The second-order valence-corrected chi connectivity index (χ2v) is 7.21. The number of rotatable bonds is 8. The van der Waals surface area contributed by atoms with Crippen LogP contribution in [-0.2, 0) is 17.8 Å². The van der Waals surface area contributed by atoms with Gasteiger partial charge in [0.15, 0.2) is 0 Å². The van der Waals surface area contributed by atoms with Crippen molar-refractivity contribution in [2.24, 2.45) is 23.5 Å². The van der Waals surface area contributed by atoms with Gasteiger partial charge in [0, 0.05) is 19.6 Å². The van der Waals surface area contributed by atoms with Crippen LogP contribution in [0.2, 0.25) is 0 Å². The smallest absolute Gasteiger partial charge is 0.314 e. The maximum atomic E-state index is 12.0. The highest BCUT2D eigenvalue weighted by atomic mass is 16.4. The number of primary amides is 1. The summed E-state index contributed by atoms with van der Waals surface area (Å²) in [4.78, 5) is 34.6. The summed E-state index contributed by atoms with van der Waals surface area (Å²) >= 11 is 0. The van der Waals surface area contributed by atoms with Gasteiger partial charge in [-0.1, -0.05) is 13.8 Å². The Morgan fingerprint density at radius 1 is 1.38 bits per heavy atom. The number of urea groups is 1. The Balaban J connectivity index is 1.80. The number of carboxylic acids is 1. The molecule has 0 saturated heterocycles. The largest absolute Gasteiger partial charge is 0.481 e. The lowest BCUT2D eigenvalue weighted by molar-refractivity contribution is -0.142. The quantitative estimate of drug-likeness (QED) is 0.534. The fourth-order valence-corrected chi connectivity index (χ4v) is 3.24. The molecule has 5 N–H and O–H groups in total. The Kier molecular flexibility index (Phi) is 6.59. The molecule has 0 aromatic carbocycles. The molecule has 2 rings (SSSR count). The number of hydrogen-bond acceptors (Lipinski definition) is 4. The number of aromatic nitrogens is 2. The zero-order valence-corrected chi connectivity index (χ0v) is 15.2. The first-order valence-corrected chi connectivity index (χ1v) is 8.86. The van der Waals surface area contributed by atoms with Gasteiger partial charge in [0.2, 0.25) is 0 Å². The van der Waals surface area contributed by atoms with Gasteiger partial charge in [0.1, 0.15) is 0 Å². The van der Waals surface area contributed by atoms with Crippen molar-refractivity contribution in [2.75, 3.05) is 13.1 Å². The van der Waals surface area contributed by atoms with Gasteiger partial charge in [-0.15, -0.1) is 0 Å². The first-order valence-electron chi connectivity index (χ1n) is 8.86. The number of aliphatic carboxylic acids is 1. The van der Waals surface area contributed by atoms with Gasteiger partial charge in [-0.3, -0.25) is 14.3 Å². The number of fused-ring (bicyclic) bond motifs is 1. The second-order valence-electron chi connectivity index (χ2n) is 7.21. The molecule has 0 saturated carbocycles. The first-order chi connectivity index (χ1) is 12.3. The van der Waals surface area contributed by atoms with E-state index in [1.165, 1.54) is 6.20 Å². The molecule has 1 aliphatic rings. The Bertz CT molecular complexity index is 670. The average molecular weight is 365 g/mol. The molecule has 1 aromatic rings. The van der Waals surface area contributed by atoms with Crippen LogP contribution in [-0.4, -0.2) is 45.9 Å². The van der Waals surface area contributed by atoms with E-state index in [4.69, 9.17) is 5.73 Å². The minimum absolute atomic E-state index is 0.0998. The van der Waals surface area contributed by atoms with Crippen molar-refractivity contribution in [2.45, 2.75) is 39.7 Å². The van der Waals surface area contributed by atoms with Crippen molar-refractivity contribution in [1.29, 1.82) is 0 Å². The first kappa shape index (κ1) is 19.7. The second kappa shape index (κ2) is 8.68. The van der Waals surface area contributed by atoms with E-state index in [2.05, 4.69) is 15.7 Å². The van der Waals surface area contributed by atoms with E-state index in [1.807, 2.05) is 13.8 Å². The maximum absolute atomic E-state index is 12.0. The molecule has 9 nitrogen and oxygen atoms in total. The van der Waals surface area contributed by atoms with Crippen LogP contribution in [0.5, 0.6) is 0 Å². The number of nitrogens with one attached hydrogen (secondary N) is 2. The minimum Gasteiger partial charge on any atom is -0.481 e. The third kappa shape index (κ3) is 5.21. The summed E-state index contributed by atoms with van der Waals surface area (Å²) in [6, 6.07) is -0.380. The van der Waals surface area contributed by atoms with Crippen LogP contribution in [0.3, 0.4) is 0 Å². The standard InChI is InChI=1S/C17H27N5O4/c1-10(2)5-12(16(24)25)8-20-17(26)19-7-11-3-4-22-14(6-11)13(9-21-22)15(18)23/h9-12H,3-8H2,1-2H3,(H2,18,23)(H,24,25)(H2,19,20,26). The molecule has 2 heterocycles. The van der Waals surface area contributed by atoms with Gasteiger partial charge >= 0.3 is 12.0 Å². The summed E-state index contributed by atoms with van der Waals surface area (Å²) < 4.78 is 1.78. The molecule has 0 bridgehead atoms. The lowest BCUT2D eigenvalue weighted by Crippen LogP contribution is -2.42. The Labute approximate surface area is 152 Å². The number of amides is 3. The molecule has 9 heteroatoms. The van der Waals surface area contributed by atoms with E-state index >= 15 is 0 Å². The van der Waals surface area contributed by atoms with Gasteiger partial charge in [-0.25, -0.2) is 4.79 Å². The molecule has 0 fully saturated rings. The molecule has 0 aliphatic carbocycles. The average Bonchev–Trinajstić information content (AvgIpc) is 2.99. The van der Waals surface area contributed by atoms with Gasteiger partial charge in [-0.2, -0.15) is 5.10 Å². The monoisotopic (exact) mass is 365 g/mol. The predicted molar refractivity (Wildman–Crippen MR) is 94.5 cm³/mol. The van der Waals surface area contributed by atoms with Crippen molar-refractivity contribution in [3.05, 3.63) is 17.5 Å². The highest BCUT2D eigenvalue weighted by Crippen LogP contribution is 2.22. The number of carboxylic acid groups (broad SMARTS) is 1. The molecule has 2 atom stereocenters. The molecule has 3 amide bonds. The summed E-state index contributed by atoms with van der Waals surface area (Å²) in [5, 5.41) is 18.8. The van der Waals surface area contributed by atoms with Crippen LogP contribution in [0.15, 0.2) is 6.20 Å². The van der Waals surface area contributed by atoms with Crippen LogP contribution in [0.25, 0.3) is 0 Å². The van der Waals surface area contributed by atoms with E-state index in [1.54, 1.807) is 4.68 Å². The fourth-order valence-electron chi connectivity index (χ4n) is 3.24. The fraction of sp³-hybridized carbons (Fsp3) is 0.647. The van der Waals surface area contributed by atoms with Crippen molar-refractivity contribution >= 4 is 17.9 Å². The van der Waals surface area contributed by atoms with Crippen LogP contribution in [0.1, 0.15) is 42.7 Å².